The molecule has 0 bridgehead atoms. The molecule has 4 rings (SSSR count). The van der Waals surface area contributed by atoms with Crippen molar-refractivity contribution in [2.24, 2.45) is 0 Å². The van der Waals surface area contributed by atoms with Gasteiger partial charge in [-0.3, -0.25) is 0 Å². The standard InChI is InChI=1S/C20H20N2O5S/c23-20-8-5-15-12-17(6-7-18(15)27-20)28(24,25)22-13-14-9-10-21-19(11-14)26-16-3-1-2-4-16/h5-12,16,22H,1-4,13H2. The van der Waals surface area contributed by atoms with Crippen LogP contribution in [-0.4, -0.2) is 19.5 Å². The van der Waals surface area contributed by atoms with E-state index in [1.165, 1.54) is 43.2 Å². The topological polar surface area (TPSA) is 98.5 Å². The number of fused-ring (bicyclic) bond motifs is 1. The number of ether oxygens (including phenoxy) is 1. The normalized spacial score (nSPS) is 15.1. The number of nitrogens with one attached hydrogen (secondary N) is 1. The number of sulfonamides is 1. The molecule has 1 fully saturated rings. The molecule has 0 spiro atoms. The Morgan fingerprint density at radius 1 is 1.11 bits per heavy atom. The lowest BCUT2D eigenvalue weighted by molar-refractivity contribution is 0.201. The van der Waals surface area contributed by atoms with Crippen LogP contribution >= 0.6 is 0 Å². The van der Waals surface area contributed by atoms with E-state index in [4.69, 9.17) is 9.15 Å². The average Bonchev–Trinajstić information content (AvgIpc) is 3.19. The van der Waals surface area contributed by atoms with Crippen molar-refractivity contribution in [3.05, 3.63) is 64.6 Å². The fourth-order valence-corrected chi connectivity index (χ4v) is 4.33. The lowest BCUT2D eigenvalue weighted by Crippen LogP contribution is -2.23. The Kier molecular flexibility index (Phi) is 5.15. The van der Waals surface area contributed by atoms with Crippen LogP contribution in [0.1, 0.15) is 31.2 Å². The zero-order valence-electron chi connectivity index (χ0n) is 15.1. The van der Waals surface area contributed by atoms with Gasteiger partial charge in [0.25, 0.3) is 0 Å². The maximum atomic E-state index is 12.6. The van der Waals surface area contributed by atoms with Crippen molar-refractivity contribution in [1.29, 1.82) is 0 Å². The van der Waals surface area contributed by atoms with Crippen LogP contribution in [0, 0.1) is 0 Å². The van der Waals surface area contributed by atoms with Crippen LogP contribution in [0.25, 0.3) is 11.0 Å². The van der Waals surface area contributed by atoms with E-state index in [0.29, 0.717) is 16.8 Å². The maximum Gasteiger partial charge on any atom is 0.336 e. The Bertz CT molecular complexity index is 1150. The van der Waals surface area contributed by atoms with E-state index in [0.717, 1.165) is 18.4 Å². The summed E-state index contributed by atoms with van der Waals surface area (Å²) in [5.74, 6) is 0.518. The van der Waals surface area contributed by atoms with E-state index in [-0.39, 0.29) is 17.5 Å². The van der Waals surface area contributed by atoms with Crippen molar-refractivity contribution in [1.82, 2.24) is 9.71 Å². The zero-order chi connectivity index (χ0) is 19.6. The molecule has 1 saturated carbocycles. The highest BCUT2D eigenvalue weighted by Gasteiger charge is 2.18. The molecule has 0 amide bonds. The minimum Gasteiger partial charge on any atom is -0.474 e. The van der Waals surface area contributed by atoms with Crippen molar-refractivity contribution >= 4 is 21.0 Å². The lowest BCUT2D eigenvalue weighted by atomic mass is 10.2. The van der Waals surface area contributed by atoms with E-state index in [1.54, 1.807) is 18.3 Å². The Balaban J connectivity index is 1.47. The summed E-state index contributed by atoms with van der Waals surface area (Å²) < 4.78 is 38.7. The molecular formula is C20H20N2O5S. The first-order valence-electron chi connectivity index (χ1n) is 9.15. The van der Waals surface area contributed by atoms with Gasteiger partial charge in [0.2, 0.25) is 15.9 Å². The van der Waals surface area contributed by atoms with Crippen LogP contribution in [0.2, 0.25) is 0 Å². The summed E-state index contributed by atoms with van der Waals surface area (Å²) in [6, 6.07) is 10.7. The van der Waals surface area contributed by atoms with Crippen LogP contribution in [-0.2, 0) is 16.6 Å². The predicted octanol–water partition coefficient (Wildman–Crippen LogP) is 2.99. The Hall–Kier alpha value is -2.71. The van der Waals surface area contributed by atoms with Gasteiger partial charge in [0.1, 0.15) is 11.7 Å². The second-order valence-electron chi connectivity index (χ2n) is 6.81. The quantitative estimate of drug-likeness (QED) is 0.639. The minimum atomic E-state index is -3.73. The molecule has 1 aliphatic carbocycles. The molecule has 0 saturated heterocycles. The predicted molar refractivity (Wildman–Crippen MR) is 104 cm³/mol. The summed E-state index contributed by atoms with van der Waals surface area (Å²) in [4.78, 5) is 15.6. The number of pyridine rings is 1. The first kappa shape index (κ1) is 18.6. The largest absolute Gasteiger partial charge is 0.474 e. The molecular weight excluding hydrogens is 380 g/mol. The molecule has 3 aromatic rings. The van der Waals surface area contributed by atoms with E-state index >= 15 is 0 Å². The van der Waals surface area contributed by atoms with Crippen molar-refractivity contribution in [3.63, 3.8) is 0 Å². The third-order valence-electron chi connectivity index (χ3n) is 4.76. The molecule has 1 aromatic carbocycles. The van der Waals surface area contributed by atoms with Gasteiger partial charge >= 0.3 is 5.63 Å². The van der Waals surface area contributed by atoms with E-state index in [9.17, 15) is 13.2 Å². The Morgan fingerprint density at radius 3 is 2.75 bits per heavy atom. The molecule has 0 aliphatic heterocycles. The van der Waals surface area contributed by atoms with E-state index in [2.05, 4.69) is 9.71 Å². The summed E-state index contributed by atoms with van der Waals surface area (Å²) >= 11 is 0. The highest BCUT2D eigenvalue weighted by atomic mass is 32.2. The monoisotopic (exact) mass is 400 g/mol. The summed E-state index contributed by atoms with van der Waals surface area (Å²) in [6.07, 6.45) is 6.20. The van der Waals surface area contributed by atoms with Gasteiger partial charge in [-0.05, 0) is 61.6 Å². The minimum absolute atomic E-state index is 0.102. The molecule has 146 valence electrons. The third kappa shape index (κ3) is 4.23. The van der Waals surface area contributed by atoms with Crippen LogP contribution in [0.4, 0.5) is 0 Å². The van der Waals surface area contributed by atoms with Crippen molar-refractivity contribution in [3.8, 4) is 5.88 Å². The molecule has 7 nitrogen and oxygen atoms in total. The summed E-state index contributed by atoms with van der Waals surface area (Å²) in [6.45, 7) is 0.119. The molecule has 28 heavy (non-hydrogen) atoms. The van der Waals surface area contributed by atoms with Gasteiger partial charge in [-0.2, -0.15) is 0 Å². The van der Waals surface area contributed by atoms with Gasteiger partial charge < -0.3 is 9.15 Å². The number of rotatable bonds is 6. The molecule has 0 atom stereocenters. The maximum absolute atomic E-state index is 12.6. The van der Waals surface area contributed by atoms with Crippen molar-refractivity contribution in [2.75, 3.05) is 0 Å². The van der Waals surface area contributed by atoms with Gasteiger partial charge in [-0.25, -0.2) is 22.9 Å². The number of aromatic nitrogens is 1. The Labute approximate surface area is 162 Å². The molecule has 1 aliphatic rings. The summed E-state index contributed by atoms with van der Waals surface area (Å²) in [7, 11) is -3.73. The van der Waals surface area contributed by atoms with Gasteiger partial charge in [-0.15, -0.1) is 0 Å². The highest BCUT2D eigenvalue weighted by Crippen LogP contribution is 2.23. The zero-order valence-corrected chi connectivity index (χ0v) is 15.9. The van der Waals surface area contributed by atoms with Crippen molar-refractivity contribution in [2.45, 2.75) is 43.2 Å². The van der Waals surface area contributed by atoms with Gasteiger partial charge in [0, 0.05) is 30.3 Å². The number of hydrogen-bond donors (Lipinski definition) is 1. The average molecular weight is 400 g/mol. The van der Waals surface area contributed by atoms with Gasteiger partial charge in [0.05, 0.1) is 4.90 Å². The number of hydrogen-bond acceptors (Lipinski definition) is 6. The number of benzene rings is 1. The highest BCUT2D eigenvalue weighted by molar-refractivity contribution is 7.89. The summed E-state index contributed by atoms with van der Waals surface area (Å²) in [5, 5.41) is 0.540. The Morgan fingerprint density at radius 2 is 1.93 bits per heavy atom. The molecule has 2 aromatic heterocycles. The smallest absolute Gasteiger partial charge is 0.336 e. The third-order valence-corrected chi connectivity index (χ3v) is 6.16. The van der Waals surface area contributed by atoms with Crippen LogP contribution < -0.4 is 15.1 Å². The molecule has 2 heterocycles. The molecule has 0 radical (unpaired) electrons. The van der Waals surface area contributed by atoms with Crippen LogP contribution in [0.5, 0.6) is 5.88 Å². The van der Waals surface area contributed by atoms with E-state index in [1.807, 2.05) is 0 Å². The molecule has 8 heteroatoms. The second kappa shape index (κ2) is 7.73. The fraction of sp³-hybridized carbons (Fsp3) is 0.300. The molecule has 1 N–H and O–H groups in total. The van der Waals surface area contributed by atoms with E-state index < -0.39 is 15.6 Å². The SMILES string of the molecule is O=c1ccc2cc(S(=O)(=O)NCc3ccnc(OC4CCCC4)c3)ccc2o1. The first-order valence-corrected chi connectivity index (χ1v) is 10.6. The number of nitrogens with zero attached hydrogens (tertiary/aromatic N) is 1. The van der Waals surface area contributed by atoms with Crippen LogP contribution in [0.3, 0.4) is 0 Å². The summed E-state index contributed by atoms with van der Waals surface area (Å²) in [5.41, 5.74) is 0.627. The second-order valence-corrected chi connectivity index (χ2v) is 8.57. The van der Waals surface area contributed by atoms with Crippen LogP contribution in [0.15, 0.2) is 62.8 Å². The van der Waals surface area contributed by atoms with Crippen molar-refractivity contribution < 1.29 is 17.6 Å². The first-order chi connectivity index (χ1) is 13.5. The lowest BCUT2D eigenvalue weighted by Gasteiger charge is -2.13. The van der Waals surface area contributed by atoms with Gasteiger partial charge in [0.15, 0.2) is 0 Å². The molecule has 0 unspecified atom stereocenters. The fourth-order valence-electron chi connectivity index (χ4n) is 3.28. The van der Waals surface area contributed by atoms with Gasteiger partial charge in [-0.1, -0.05) is 0 Å².